The highest BCUT2D eigenvalue weighted by atomic mass is 16.1. The zero-order valence-electron chi connectivity index (χ0n) is 9.58. The maximum absolute atomic E-state index is 12.1. The Balaban J connectivity index is 2.34. The van der Waals surface area contributed by atoms with Crippen molar-refractivity contribution in [3.05, 3.63) is 71.6 Å². The molecule has 0 aliphatic carbocycles. The third-order valence-electron chi connectivity index (χ3n) is 2.42. The topological polar surface area (TPSA) is 53.8 Å². The highest BCUT2D eigenvalue weighted by Gasteiger charge is 2.11. The van der Waals surface area contributed by atoms with Crippen LogP contribution in [0.25, 0.3) is 6.08 Å². The Morgan fingerprint density at radius 2 is 1.78 bits per heavy atom. The third-order valence-corrected chi connectivity index (χ3v) is 2.42. The van der Waals surface area contributed by atoms with E-state index in [9.17, 15) is 4.79 Å². The molecule has 0 unspecified atom stereocenters. The molecule has 2 aromatic rings. The summed E-state index contributed by atoms with van der Waals surface area (Å²) in [5.41, 5.74) is 1.41. The molecule has 0 N–H and O–H groups in total. The summed E-state index contributed by atoms with van der Waals surface area (Å²) >= 11 is 0. The molecule has 0 aliphatic rings. The smallest absolute Gasteiger partial charge is 0.203 e. The molecule has 0 spiro atoms. The molecule has 3 heteroatoms. The fraction of sp³-hybridized carbons (Fsp3) is 0. The van der Waals surface area contributed by atoms with E-state index in [2.05, 4.69) is 4.98 Å². The van der Waals surface area contributed by atoms with Gasteiger partial charge in [0.1, 0.15) is 11.6 Å². The molecule has 3 nitrogen and oxygen atoms in total. The second-order valence-electron chi connectivity index (χ2n) is 3.65. The van der Waals surface area contributed by atoms with Crippen molar-refractivity contribution in [2.45, 2.75) is 0 Å². The van der Waals surface area contributed by atoms with Crippen molar-refractivity contribution >= 4 is 11.9 Å². The lowest BCUT2D eigenvalue weighted by Crippen LogP contribution is -2.01. The minimum atomic E-state index is -0.269. The number of allylic oxidation sites excluding steroid dienone is 1. The minimum Gasteiger partial charge on any atom is -0.288 e. The molecular formula is C15H10N2O. The van der Waals surface area contributed by atoms with E-state index >= 15 is 0 Å². The molecule has 1 aromatic carbocycles. The van der Waals surface area contributed by atoms with Crippen molar-refractivity contribution in [3.8, 4) is 6.07 Å². The number of pyridine rings is 1. The number of carbonyl (C=O) groups excluding carboxylic acids is 1. The van der Waals surface area contributed by atoms with Gasteiger partial charge in [-0.25, -0.2) is 0 Å². The molecule has 0 saturated heterocycles. The predicted molar refractivity (Wildman–Crippen MR) is 68.6 cm³/mol. The summed E-state index contributed by atoms with van der Waals surface area (Å²) in [6.07, 6.45) is 4.80. The van der Waals surface area contributed by atoms with Gasteiger partial charge in [0, 0.05) is 18.0 Å². The number of aromatic nitrogens is 1. The van der Waals surface area contributed by atoms with Gasteiger partial charge in [0.15, 0.2) is 0 Å². The number of nitriles is 1. The maximum atomic E-state index is 12.1. The van der Waals surface area contributed by atoms with Gasteiger partial charge < -0.3 is 0 Å². The van der Waals surface area contributed by atoms with Gasteiger partial charge in [0.05, 0.1) is 0 Å². The average molecular weight is 234 g/mol. The van der Waals surface area contributed by atoms with Crippen molar-refractivity contribution in [3.63, 3.8) is 0 Å². The van der Waals surface area contributed by atoms with E-state index in [0.717, 1.165) is 5.56 Å². The van der Waals surface area contributed by atoms with Crippen LogP contribution in [0, 0.1) is 11.3 Å². The molecule has 0 radical (unpaired) electrons. The number of benzene rings is 1. The van der Waals surface area contributed by atoms with E-state index in [1.807, 2.05) is 12.1 Å². The monoisotopic (exact) mass is 234 g/mol. The first-order chi connectivity index (χ1) is 8.81. The largest absolute Gasteiger partial charge is 0.288 e. The molecule has 0 fully saturated rings. The first kappa shape index (κ1) is 11.7. The first-order valence-corrected chi connectivity index (χ1v) is 5.43. The summed E-state index contributed by atoms with van der Waals surface area (Å²) in [6, 6.07) is 14.2. The first-order valence-electron chi connectivity index (χ1n) is 5.43. The summed E-state index contributed by atoms with van der Waals surface area (Å²) in [6.45, 7) is 0. The van der Waals surface area contributed by atoms with Gasteiger partial charge in [-0.05, 0) is 23.8 Å². The van der Waals surface area contributed by atoms with E-state index < -0.39 is 0 Å². The normalized spacial score (nSPS) is 10.7. The zero-order chi connectivity index (χ0) is 12.8. The third kappa shape index (κ3) is 2.69. The molecule has 1 aromatic heterocycles. The van der Waals surface area contributed by atoms with Crippen LogP contribution in [0.4, 0.5) is 0 Å². The van der Waals surface area contributed by atoms with Crippen LogP contribution in [0.2, 0.25) is 0 Å². The fourth-order valence-corrected chi connectivity index (χ4v) is 1.52. The molecule has 0 atom stereocenters. The molecule has 2 rings (SSSR count). The summed E-state index contributed by atoms with van der Waals surface area (Å²) < 4.78 is 0. The van der Waals surface area contributed by atoms with E-state index in [1.54, 1.807) is 54.9 Å². The zero-order valence-corrected chi connectivity index (χ0v) is 9.58. The van der Waals surface area contributed by atoms with Gasteiger partial charge in [-0.15, -0.1) is 0 Å². The number of hydrogen-bond acceptors (Lipinski definition) is 3. The second kappa shape index (κ2) is 5.55. The lowest BCUT2D eigenvalue weighted by atomic mass is 10.0. The lowest BCUT2D eigenvalue weighted by molar-refractivity contribution is 0.104. The van der Waals surface area contributed by atoms with Gasteiger partial charge in [-0.3, -0.25) is 9.78 Å². The van der Waals surface area contributed by atoms with Gasteiger partial charge in [0.2, 0.25) is 5.78 Å². The van der Waals surface area contributed by atoms with E-state index in [4.69, 9.17) is 5.26 Å². The Labute approximate surface area is 105 Å². The predicted octanol–water partition coefficient (Wildman–Crippen LogP) is 2.87. The standard InChI is InChI=1S/C15H10N2O/c16-11-14(10-12-6-8-17-9-7-12)15(18)13-4-2-1-3-5-13/h1-10H/b14-10+. The van der Waals surface area contributed by atoms with Gasteiger partial charge in [-0.1, -0.05) is 30.3 Å². The summed E-state index contributed by atoms with van der Waals surface area (Å²) in [5.74, 6) is -0.269. The molecule has 1 heterocycles. The highest BCUT2D eigenvalue weighted by molar-refractivity contribution is 6.13. The molecule has 18 heavy (non-hydrogen) atoms. The van der Waals surface area contributed by atoms with Crippen LogP contribution in [-0.2, 0) is 0 Å². The van der Waals surface area contributed by atoms with Crippen molar-refractivity contribution in [1.29, 1.82) is 5.26 Å². The van der Waals surface area contributed by atoms with Crippen LogP contribution in [-0.4, -0.2) is 10.8 Å². The van der Waals surface area contributed by atoms with Crippen molar-refractivity contribution < 1.29 is 4.79 Å². The van der Waals surface area contributed by atoms with E-state index in [1.165, 1.54) is 0 Å². The number of rotatable bonds is 3. The van der Waals surface area contributed by atoms with E-state index in [-0.39, 0.29) is 11.4 Å². The van der Waals surface area contributed by atoms with Crippen molar-refractivity contribution in [1.82, 2.24) is 4.98 Å². The van der Waals surface area contributed by atoms with Crippen molar-refractivity contribution in [2.24, 2.45) is 0 Å². The van der Waals surface area contributed by atoms with Crippen molar-refractivity contribution in [2.75, 3.05) is 0 Å². The highest BCUT2D eigenvalue weighted by Crippen LogP contribution is 2.11. The Morgan fingerprint density at radius 1 is 1.11 bits per heavy atom. The Morgan fingerprint density at radius 3 is 2.39 bits per heavy atom. The molecule has 86 valence electrons. The Hall–Kier alpha value is -2.73. The van der Waals surface area contributed by atoms with Crippen LogP contribution in [0.3, 0.4) is 0 Å². The number of carbonyl (C=O) groups is 1. The molecule has 0 amide bonds. The summed E-state index contributed by atoms with van der Waals surface area (Å²) in [4.78, 5) is 16.0. The lowest BCUT2D eigenvalue weighted by Gasteiger charge is -1.99. The number of ketones is 1. The molecule has 0 aliphatic heterocycles. The van der Waals surface area contributed by atoms with Crippen LogP contribution in [0.15, 0.2) is 60.4 Å². The van der Waals surface area contributed by atoms with Gasteiger partial charge >= 0.3 is 0 Å². The second-order valence-corrected chi connectivity index (χ2v) is 3.65. The summed E-state index contributed by atoms with van der Waals surface area (Å²) in [7, 11) is 0. The number of nitrogens with zero attached hydrogens (tertiary/aromatic N) is 2. The minimum absolute atomic E-state index is 0.118. The Bertz CT molecular complexity index is 610. The van der Waals surface area contributed by atoms with Gasteiger partial charge in [0.25, 0.3) is 0 Å². The molecular weight excluding hydrogens is 224 g/mol. The van der Waals surface area contributed by atoms with Crippen LogP contribution >= 0.6 is 0 Å². The Kier molecular flexibility index (Phi) is 3.62. The van der Waals surface area contributed by atoms with Crippen LogP contribution in [0.1, 0.15) is 15.9 Å². The fourth-order valence-electron chi connectivity index (χ4n) is 1.52. The summed E-state index contributed by atoms with van der Waals surface area (Å²) in [5, 5.41) is 9.06. The average Bonchev–Trinajstić information content (AvgIpc) is 2.46. The maximum Gasteiger partial charge on any atom is 0.203 e. The molecule has 0 bridgehead atoms. The number of hydrogen-bond donors (Lipinski definition) is 0. The quantitative estimate of drug-likeness (QED) is 0.466. The van der Waals surface area contributed by atoms with E-state index in [0.29, 0.717) is 5.56 Å². The van der Waals surface area contributed by atoms with Crippen LogP contribution < -0.4 is 0 Å². The van der Waals surface area contributed by atoms with Crippen LogP contribution in [0.5, 0.6) is 0 Å². The SMILES string of the molecule is N#C/C(=C\c1ccncc1)C(=O)c1ccccc1. The van der Waals surface area contributed by atoms with Gasteiger partial charge in [-0.2, -0.15) is 5.26 Å². The molecule has 0 saturated carbocycles. The number of Topliss-reactive ketones (excluding diaryl/α,β-unsaturated/α-hetero) is 1.